The molecule has 368 valence electrons. The third-order valence-corrected chi connectivity index (χ3v) is 14.6. The molecule has 20 heteroatoms. The summed E-state index contributed by atoms with van der Waals surface area (Å²) in [6, 6.07) is 26.6. The van der Waals surface area contributed by atoms with Gasteiger partial charge in [-0.3, -0.25) is 19.6 Å². The summed E-state index contributed by atoms with van der Waals surface area (Å²) >= 11 is 6.19. The number of nitrogens with zero attached hydrogens (tertiary/aromatic N) is 7. The molecule has 2 saturated carbocycles. The summed E-state index contributed by atoms with van der Waals surface area (Å²) in [4.78, 5) is 52.5. The summed E-state index contributed by atoms with van der Waals surface area (Å²) in [5.74, 6) is 2.05. The van der Waals surface area contributed by atoms with Crippen molar-refractivity contribution >= 4 is 95.8 Å². The number of pyridine rings is 2. The summed E-state index contributed by atoms with van der Waals surface area (Å²) in [6.45, 7) is 1.91. The summed E-state index contributed by atoms with van der Waals surface area (Å²) in [5, 5.41) is 17.6. The van der Waals surface area contributed by atoms with Crippen LogP contribution in [0.15, 0.2) is 127 Å². The molecule has 8 N–H and O–H groups in total. The minimum atomic E-state index is -3.89. The van der Waals surface area contributed by atoms with Crippen molar-refractivity contribution < 1.29 is 18.0 Å². The highest BCUT2D eigenvalue weighted by Crippen LogP contribution is 2.39. The molecule has 3 aromatic carbocycles. The molecule has 2 aliphatic heterocycles. The Balaban J connectivity index is 0.000000129. The molecule has 0 saturated heterocycles. The maximum atomic E-state index is 13.5. The molecule has 9 aromatic rings. The second kappa shape index (κ2) is 19.6. The van der Waals surface area contributed by atoms with E-state index in [4.69, 9.17) is 27.3 Å². The van der Waals surface area contributed by atoms with Crippen LogP contribution in [-0.4, -0.2) is 71.2 Å². The molecule has 6 aromatic heterocycles. The minimum absolute atomic E-state index is 0.00890. The number of fused-ring (bicyclic) bond motifs is 4. The second-order valence-electron chi connectivity index (χ2n) is 18.3. The normalized spacial score (nSPS) is 14.9. The highest BCUT2D eigenvalue weighted by molar-refractivity contribution is 7.90. The molecule has 13 rings (SSSR count). The van der Waals surface area contributed by atoms with Gasteiger partial charge in [0.15, 0.2) is 5.65 Å². The quantitative estimate of drug-likeness (QED) is 0.0498. The highest BCUT2D eigenvalue weighted by atomic mass is 35.5. The van der Waals surface area contributed by atoms with Crippen LogP contribution in [0.5, 0.6) is 0 Å². The molecular formula is C53H49ClN14O4S. The molecule has 4 aliphatic rings. The van der Waals surface area contributed by atoms with Crippen LogP contribution in [0, 0.1) is 6.92 Å². The molecule has 0 bridgehead atoms. The number of hydrogen-bond donors (Lipinski definition) is 7. The molecule has 2 fully saturated rings. The zero-order chi connectivity index (χ0) is 50.2. The lowest BCUT2D eigenvalue weighted by Crippen LogP contribution is -2.18. The number of aromatic amines is 1. The number of anilines is 7. The Bertz CT molecular complexity index is 3680. The number of nitrogen functional groups attached to an aromatic ring is 1. The van der Waals surface area contributed by atoms with E-state index >= 15 is 0 Å². The lowest BCUT2D eigenvalue weighted by atomic mass is 10.0. The lowest BCUT2D eigenvalue weighted by Gasteiger charge is -2.18. The van der Waals surface area contributed by atoms with E-state index in [9.17, 15) is 18.0 Å². The summed E-state index contributed by atoms with van der Waals surface area (Å²) in [6.07, 6.45) is 17.4. The van der Waals surface area contributed by atoms with Crippen molar-refractivity contribution in [2.75, 3.05) is 32.3 Å². The number of hydrogen-bond acceptors (Lipinski definition) is 14. The largest absolute Gasteiger partial charge is 0.399 e. The van der Waals surface area contributed by atoms with Gasteiger partial charge in [0.1, 0.15) is 17.3 Å². The number of carbonyl (C=O) groups excluding carboxylic acids is 2. The predicted molar refractivity (Wildman–Crippen MR) is 284 cm³/mol. The average molecular weight is 1010 g/mol. The van der Waals surface area contributed by atoms with Crippen LogP contribution in [0.1, 0.15) is 55.2 Å². The number of nitrogens with one attached hydrogen (secondary N) is 6. The van der Waals surface area contributed by atoms with Crippen LogP contribution in [0.3, 0.4) is 0 Å². The number of rotatable bonds is 10. The van der Waals surface area contributed by atoms with Gasteiger partial charge in [-0.25, -0.2) is 17.4 Å². The van der Waals surface area contributed by atoms with Gasteiger partial charge < -0.3 is 37.3 Å². The van der Waals surface area contributed by atoms with Gasteiger partial charge >= 0.3 is 0 Å². The maximum absolute atomic E-state index is 13.5. The van der Waals surface area contributed by atoms with E-state index in [-0.39, 0.29) is 27.6 Å². The van der Waals surface area contributed by atoms with Gasteiger partial charge in [0.05, 0.1) is 15.7 Å². The molecule has 8 heterocycles. The Kier molecular flexibility index (Phi) is 12.6. The van der Waals surface area contributed by atoms with Gasteiger partial charge in [-0.1, -0.05) is 17.7 Å². The van der Waals surface area contributed by atoms with Gasteiger partial charge in [0.25, 0.3) is 10.0 Å². The molecule has 73 heavy (non-hydrogen) atoms. The third-order valence-electron chi connectivity index (χ3n) is 12.8. The predicted octanol–water partition coefficient (Wildman–Crippen LogP) is 9.64. The zero-order valence-corrected chi connectivity index (χ0v) is 41.1. The number of aryl methyl sites for hydroxylation is 3. The fourth-order valence-corrected chi connectivity index (χ4v) is 10.2. The zero-order valence-electron chi connectivity index (χ0n) is 39.5. The molecule has 2 aliphatic carbocycles. The van der Waals surface area contributed by atoms with Crippen LogP contribution in [0.2, 0.25) is 5.28 Å². The van der Waals surface area contributed by atoms with E-state index in [1.54, 1.807) is 61.3 Å². The first-order valence-electron chi connectivity index (χ1n) is 23.9. The van der Waals surface area contributed by atoms with Crippen molar-refractivity contribution in [2.24, 2.45) is 0 Å². The van der Waals surface area contributed by atoms with E-state index in [2.05, 4.69) is 51.5 Å². The first-order chi connectivity index (χ1) is 35.4. The van der Waals surface area contributed by atoms with E-state index in [0.717, 1.165) is 112 Å². The van der Waals surface area contributed by atoms with Gasteiger partial charge in [0, 0.05) is 96.0 Å². The van der Waals surface area contributed by atoms with Crippen LogP contribution < -0.4 is 32.3 Å². The first kappa shape index (κ1) is 46.9. The van der Waals surface area contributed by atoms with Gasteiger partial charge in [-0.15, -0.1) is 0 Å². The standard InChI is InChI=1S/C23H21N7O.C21H18ClN5O2S.C9H10N2O/c31-19-6-1-14-11-16(4-5-18(14)28-19)27-23-29-21-20(22(30-23)26-15-2-3-15)17(12-25-21)13-7-9-24-10-8-13;1-13-2-6-16(7-3-13)30(28,29)27-12-17(14-8-10-23-11-9-14)18-19(24-15-4-5-15)25-21(22)26-20(18)27;10-7-2-3-8-6(5-7)1-4-9(12)11-8/h4-5,7-12,15H,1-3,6H2,(H,28,31)(H3,25,26,27,29,30);2-3,6-12,15H,4-5H2,1H3,(H,24,25,26);2-3,5H,1,4,10H2,(H,11,12). The second-order valence-corrected chi connectivity index (χ2v) is 20.5. The molecule has 0 atom stereocenters. The Morgan fingerprint density at radius 3 is 1.89 bits per heavy atom. The van der Waals surface area contributed by atoms with Gasteiger partial charge in [-0.2, -0.15) is 15.0 Å². The van der Waals surface area contributed by atoms with Crippen LogP contribution >= 0.6 is 11.6 Å². The fraction of sp³-hybridized carbons (Fsp3) is 0.208. The molecule has 0 spiro atoms. The number of carbonyl (C=O) groups is 2. The summed E-state index contributed by atoms with van der Waals surface area (Å²) in [7, 11) is -3.89. The van der Waals surface area contributed by atoms with Crippen molar-refractivity contribution in [1.82, 2.24) is 38.9 Å². The monoisotopic (exact) mass is 1010 g/mol. The van der Waals surface area contributed by atoms with Crippen molar-refractivity contribution in [3.8, 4) is 22.3 Å². The van der Waals surface area contributed by atoms with Crippen LogP contribution in [0.25, 0.3) is 44.3 Å². The van der Waals surface area contributed by atoms with E-state index in [1.165, 1.54) is 3.97 Å². The van der Waals surface area contributed by atoms with Gasteiger partial charge in [-0.05, 0) is 152 Å². The maximum Gasteiger partial charge on any atom is 0.269 e. The lowest BCUT2D eigenvalue weighted by molar-refractivity contribution is -0.117. The summed E-state index contributed by atoms with van der Waals surface area (Å²) in [5.41, 5.74) is 16.9. The Morgan fingerprint density at radius 2 is 1.26 bits per heavy atom. The molecule has 0 radical (unpaired) electrons. The number of H-pyrrole nitrogens is 1. The molecule has 0 unspecified atom stereocenters. The number of aromatic nitrogens is 8. The van der Waals surface area contributed by atoms with Crippen LogP contribution in [0.4, 0.5) is 40.3 Å². The topological polar surface area (TPSA) is 253 Å². The highest BCUT2D eigenvalue weighted by Gasteiger charge is 2.29. The third kappa shape index (κ3) is 10.4. The van der Waals surface area contributed by atoms with Crippen molar-refractivity contribution in [2.45, 2.75) is 75.3 Å². The Morgan fingerprint density at radius 1 is 0.671 bits per heavy atom. The minimum Gasteiger partial charge on any atom is -0.399 e. The van der Waals surface area contributed by atoms with Crippen molar-refractivity contribution in [3.05, 3.63) is 144 Å². The number of benzene rings is 3. The number of amides is 2. The summed E-state index contributed by atoms with van der Waals surface area (Å²) < 4.78 is 28.2. The van der Waals surface area contributed by atoms with Crippen molar-refractivity contribution in [3.63, 3.8) is 0 Å². The average Bonchev–Trinajstić information content (AvgIpc) is 4.32. The van der Waals surface area contributed by atoms with Gasteiger partial charge in [0.2, 0.25) is 23.0 Å². The van der Waals surface area contributed by atoms with Crippen molar-refractivity contribution in [1.29, 1.82) is 0 Å². The number of halogens is 1. The molecule has 18 nitrogen and oxygen atoms in total. The van der Waals surface area contributed by atoms with Crippen LogP contribution in [-0.2, 0) is 32.5 Å². The van der Waals surface area contributed by atoms with E-state index in [1.807, 2.05) is 67.7 Å². The van der Waals surface area contributed by atoms with E-state index < -0.39 is 10.0 Å². The number of nitrogens with two attached hydrogens (primary N) is 1. The Hall–Kier alpha value is -8.42. The molecule has 2 amide bonds. The Labute approximate surface area is 424 Å². The fourth-order valence-electron chi connectivity index (χ4n) is 8.72. The van der Waals surface area contributed by atoms with E-state index in [0.29, 0.717) is 47.6 Å². The smallest absolute Gasteiger partial charge is 0.269 e. The SMILES string of the molecule is Cc1ccc(S(=O)(=O)n2cc(-c3ccncc3)c3c(NC4CC4)nc(Cl)nc32)cc1.Nc1ccc2c(c1)CCC(=O)N2.O=C1CCc2cc(Nc3nc(NC4CC4)c4c(-c5ccncc5)c[nH]c4n3)ccc2N1. The molecular weight excluding hydrogens is 964 g/mol. The first-order valence-corrected chi connectivity index (χ1v) is 25.8.